The van der Waals surface area contributed by atoms with Gasteiger partial charge in [0.15, 0.2) is 5.17 Å². The number of hydrogen-bond acceptors (Lipinski definition) is 8. The second-order valence-corrected chi connectivity index (χ2v) is 11.2. The Morgan fingerprint density at radius 1 is 1.08 bits per heavy atom. The number of esters is 1. The molecule has 1 N–H and O–H groups in total. The van der Waals surface area contributed by atoms with E-state index in [2.05, 4.69) is 9.71 Å². The number of fused-ring (bicyclic) bond motifs is 3. The maximum atomic E-state index is 13.4. The van der Waals surface area contributed by atoms with Crippen molar-refractivity contribution in [1.29, 1.82) is 0 Å². The lowest BCUT2D eigenvalue weighted by Crippen LogP contribution is -2.35. The minimum Gasteiger partial charge on any atom is -0.495 e. The SMILES string of the molecule is COc1ccc(C)cc1NC(=O)[C@@H](OC(=O)c1ccc2c(c1)SC1=NS(=O)(=O)CCN12)c1ccccc1. The molecule has 0 spiro atoms. The highest BCUT2D eigenvalue weighted by Gasteiger charge is 2.34. The van der Waals surface area contributed by atoms with Crippen molar-refractivity contribution in [1.82, 2.24) is 0 Å². The monoisotopic (exact) mass is 537 g/mol. The smallest absolute Gasteiger partial charge is 0.339 e. The number of sulfonamides is 1. The van der Waals surface area contributed by atoms with Gasteiger partial charge < -0.3 is 19.7 Å². The van der Waals surface area contributed by atoms with E-state index in [0.717, 1.165) is 11.3 Å². The van der Waals surface area contributed by atoms with Crippen LogP contribution in [0.3, 0.4) is 0 Å². The van der Waals surface area contributed by atoms with Gasteiger partial charge in [-0.2, -0.15) is 0 Å². The van der Waals surface area contributed by atoms with E-state index in [1.165, 1.54) is 18.9 Å². The molecule has 0 saturated heterocycles. The van der Waals surface area contributed by atoms with Crippen LogP contribution in [-0.2, 0) is 19.6 Å². The van der Waals surface area contributed by atoms with E-state index < -0.39 is 28.0 Å². The number of thioether (sulfide) groups is 1. The molecule has 37 heavy (non-hydrogen) atoms. The van der Waals surface area contributed by atoms with E-state index in [1.807, 2.05) is 17.9 Å². The summed E-state index contributed by atoms with van der Waals surface area (Å²) >= 11 is 1.18. The van der Waals surface area contributed by atoms with Crippen molar-refractivity contribution in [3.8, 4) is 5.75 Å². The van der Waals surface area contributed by atoms with Crippen molar-refractivity contribution >= 4 is 50.2 Å². The highest BCUT2D eigenvalue weighted by atomic mass is 32.2. The van der Waals surface area contributed by atoms with Crippen LogP contribution in [0.5, 0.6) is 5.75 Å². The van der Waals surface area contributed by atoms with Crippen molar-refractivity contribution in [2.24, 2.45) is 4.40 Å². The van der Waals surface area contributed by atoms with Crippen LogP contribution < -0.4 is 15.0 Å². The number of nitrogens with zero attached hydrogens (tertiary/aromatic N) is 2. The number of nitrogens with one attached hydrogen (secondary N) is 1. The lowest BCUT2D eigenvalue weighted by Gasteiger charge is -2.22. The molecule has 1 atom stereocenters. The van der Waals surface area contributed by atoms with Crippen molar-refractivity contribution in [3.05, 3.63) is 83.4 Å². The molecule has 1 amide bonds. The van der Waals surface area contributed by atoms with E-state index in [-0.39, 0.29) is 11.3 Å². The van der Waals surface area contributed by atoms with E-state index >= 15 is 0 Å². The Balaban J connectivity index is 1.40. The Morgan fingerprint density at radius 2 is 1.86 bits per heavy atom. The summed E-state index contributed by atoms with van der Waals surface area (Å²) in [6.45, 7) is 2.19. The highest BCUT2D eigenvalue weighted by molar-refractivity contribution is 8.15. The maximum Gasteiger partial charge on any atom is 0.339 e. The van der Waals surface area contributed by atoms with Gasteiger partial charge in [0.25, 0.3) is 15.9 Å². The Kier molecular flexibility index (Phi) is 6.65. The fourth-order valence-corrected chi connectivity index (χ4v) is 6.35. The molecular formula is C26H23N3O6S2. The predicted molar refractivity (Wildman–Crippen MR) is 142 cm³/mol. The predicted octanol–water partition coefficient (Wildman–Crippen LogP) is 4.15. The van der Waals surface area contributed by atoms with Gasteiger partial charge in [0, 0.05) is 17.0 Å². The number of anilines is 2. The van der Waals surface area contributed by atoms with Gasteiger partial charge in [-0.3, -0.25) is 4.79 Å². The van der Waals surface area contributed by atoms with Crippen LogP contribution in [0.25, 0.3) is 0 Å². The standard InChI is InChI=1S/C26H23N3O6S2/c1-16-8-11-21(34-2)19(14-16)27-24(30)23(17-6-4-3-5-7-17)35-25(31)18-9-10-20-22(15-18)36-26-28-37(32,33)13-12-29(20)26/h3-11,14-15,23H,12-13H2,1-2H3,(H,27,30)/t23-/m0/s1. The molecule has 0 bridgehead atoms. The molecule has 2 aliphatic rings. The molecule has 9 nitrogen and oxygen atoms in total. The molecule has 0 aromatic heterocycles. The molecule has 5 rings (SSSR count). The van der Waals surface area contributed by atoms with Gasteiger partial charge in [-0.15, -0.1) is 4.40 Å². The normalized spacial score (nSPS) is 16.2. The molecular weight excluding hydrogens is 514 g/mol. The summed E-state index contributed by atoms with van der Waals surface area (Å²) in [6.07, 6.45) is -1.22. The quantitative estimate of drug-likeness (QED) is 0.467. The van der Waals surface area contributed by atoms with Crippen molar-refractivity contribution < 1.29 is 27.5 Å². The molecule has 11 heteroatoms. The van der Waals surface area contributed by atoms with Gasteiger partial charge in [0.2, 0.25) is 6.10 Å². The second kappa shape index (κ2) is 9.91. The Morgan fingerprint density at radius 3 is 2.62 bits per heavy atom. The van der Waals surface area contributed by atoms with Crippen LogP contribution >= 0.6 is 11.8 Å². The lowest BCUT2D eigenvalue weighted by molar-refractivity contribution is -0.125. The minimum absolute atomic E-state index is 0.0696. The highest BCUT2D eigenvalue weighted by Crippen LogP contribution is 2.42. The van der Waals surface area contributed by atoms with E-state index in [0.29, 0.717) is 33.6 Å². The number of ether oxygens (including phenoxy) is 2. The molecule has 0 radical (unpaired) electrons. The molecule has 3 aromatic rings. The minimum atomic E-state index is -3.49. The number of carbonyl (C=O) groups excluding carboxylic acids is 2. The van der Waals surface area contributed by atoms with Crippen LogP contribution in [0.15, 0.2) is 76.0 Å². The summed E-state index contributed by atoms with van der Waals surface area (Å²) in [7, 11) is -1.98. The van der Waals surface area contributed by atoms with Gasteiger partial charge in [0.1, 0.15) is 5.75 Å². The molecule has 2 heterocycles. The number of carbonyl (C=O) groups is 2. The molecule has 0 aliphatic carbocycles. The Bertz CT molecular complexity index is 1520. The number of amides is 1. The van der Waals surface area contributed by atoms with Gasteiger partial charge in [-0.05, 0) is 54.6 Å². The largest absolute Gasteiger partial charge is 0.495 e. The summed E-state index contributed by atoms with van der Waals surface area (Å²) in [4.78, 5) is 29.1. The molecule has 190 valence electrons. The number of methoxy groups -OCH3 is 1. The zero-order chi connectivity index (χ0) is 26.2. The fraction of sp³-hybridized carbons (Fsp3) is 0.192. The van der Waals surface area contributed by atoms with Gasteiger partial charge in [-0.25, -0.2) is 13.2 Å². The first-order valence-corrected chi connectivity index (χ1v) is 13.8. The van der Waals surface area contributed by atoms with Crippen molar-refractivity contribution in [2.45, 2.75) is 17.9 Å². The zero-order valence-corrected chi connectivity index (χ0v) is 21.6. The molecule has 3 aromatic carbocycles. The summed E-state index contributed by atoms with van der Waals surface area (Å²) in [6, 6.07) is 19.1. The van der Waals surface area contributed by atoms with Crippen LogP contribution in [0.1, 0.15) is 27.6 Å². The maximum absolute atomic E-state index is 13.4. The van der Waals surface area contributed by atoms with E-state index in [9.17, 15) is 18.0 Å². The van der Waals surface area contributed by atoms with Gasteiger partial charge >= 0.3 is 5.97 Å². The molecule has 0 fully saturated rings. The van der Waals surface area contributed by atoms with Crippen molar-refractivity contribution in [3.63, 3.8) is 0 Å². The lowest BCUT2D eigenvalue weighted by atomic mass is 10.1. The first kappa shape index (κ1) is 24.8. The Hall–Kier alpha value is -3.83. The topological polar surface area (TPSA) is 114 Å². The Labute approximate surface area is 218 Å². The van der Waals surface area contributed by atoms with Gasteiger partial charge in [0.05, 0.1) is 29.8 Å². The van der Waals surface area contributed by atoms with Crippen LogP contribution in [0, 0.1) is 6.92 Å². The third kappa shape index (κ3) is 5.18. The average molecular weight is 538 g/mol. The molecule has 0 saturated carbocycles. The average Bonchev–Trinajstić information content (AvgIpc) is 3.23. The third-order valence-corrected chi connectivity index (χ3v) is 8.19. The second-order valence-electron chi connectivity index (χ2n) is 8.49. The zero-order valence-electron chi connectivity index (χ0n) is 20.0. The summed E-state index contributed by atoms with van der Waals surface area (Å²) < 4.78 is 38.7. The first-order chi connectivity index (χ1) is 17.7. The number of hydrogen-bond donors (Lipinski definition) is 1. The van der Waals surface area contributed by atoms with Crippen molar-refractivity contribution in [2.75, 3.05) is 29.6 Å². The van der Waals surface area contributed by atoms with E-state index in [4.69, 9.17) is 9.47 Å². The first-order valence-electron chi connectivity index (χ1n) is 11.4. The number of benzene rings is 3. The van der Waals surface area contributed by atoms with Crippen LogP contribution in [-0.4, -0.2) is 44.9 Å². The number of aryl methyl sites for hydroxylation is 1. The molecule has 0 unspecified atom stereocenters. The summed E-state index contributed by atoms with van der Waals surface area (Å²) in [5.74, 6) is -0.812. The van der Waals surface area contributed by atoms with Gasteiger partial charge in [-0.1, -0.05) is 36.4 Å². The fourth-order valence-electron chi connectivity index (χ4n) is 4.05. The third-order valence-electron chi connectivity index (χ3n) is 5.89. The number of amidine groups is 1. The van der Waals surface area contributed by atoms with Crippen LogP contribution in [0.2, 0.25) is 0 Å². The number of rotatable bonds is 6. The molecule has 2 aliphatic heterocycles. The summed E-state index contributed by atoms with van der Waals surface area (Å²) in [5, 5.41) is 3.18. The summed E-state index contributed by atoms with van der Waals surface area (Å²) in [5.41, 5.74) is 2.90. The van der Waals surface area contributed by atoms with E-state index in [1.54, 1.807) is 60.7 Å². The van der Waals surface area contributed by atoms with Crippen LogP contribution in [0.4, 0.5) is 11.4 Å².